The summed E-state index contributed by atoms with van der Waals surface area (Å²) in [5.74, 6) is 0. The fourth-order valence-electron chi connectivity index (χ4n) is 0.720. The van der Waals surface area contributed by atoms with E-state index in [1.807, 2.05) is 6.07 Å². The number of hydrogen-bond acceptors (Lipinski definition) is 4. The Bertz CT molecular complexity index is 499. The van der Waals surface area contributed by atoms with Crippen LogP contribution in [0.2, 0.25) is 0 Å². The van der Waals surface area contributed by atoms with Gasteiger partial charge in [-0.1, -0.05) is 18.2 Å². The zero-order chi connectivity index (χ0) is 12.8. The first-order chi connectivity index (χ1) is 7.08. The van der Waals surface area contributed by atoms with Crippen molar-refractivity contribution < 1.29 is 21.4 Å². The predicted molar refractivity (Wildman–Crippen MR) is 62.4 cm³/mol. The van der Waals surface area contributed by atoms with Crippen LogP contribution >= 0.6 is 0 Å². The van der Waals surface area contributed by atoms with E-state index in [-0.39, 0.29) is 0 Å². The molecule has 0 heterocycles. The Morgan fingerprint density at radius 3 is 1.69 bits per heavy atom. The molecule has 1 aromatic carbocycles. The Morgan fingerprint density at radius 1 is 1.00 bits per heavy atom. The van der Waals surface area contributed by atoms with Gasteiger partial charge in [0.05, 0.1) is 12.5 Å². The van der Waals surface area contributed by atoms with Gasteiger partial charge in [0.25, 0.3) is 10.1 Å². The lowest BCUT2D eigenvalue weighted by atomic mass is 10.3. The first-order valence-electron chi connectivity index (χ1n) is 4.03. The molecule has 0 aliphatic carbocycles. The highest BCUT2D eigenvalue weighted by molar-refractivity contribution is 7.92. The van der Waals surface area contributed by atoms with Gasteiger partial charge in [0, 0.05) is 5.69 Å². The predicted octanol–water partition coefficient (Wildman–Crippen LogP) is 0.562. The Labute approximate surface area is 95.1 Å². The number of para-hydroxylation sites is 1. The van der Waals surface area contributed by atoms with Crippen molar-refractivity contribution >= 4 is 25.8 Å². The van der Waals surface area contributed by atoms with E-state index < -0.39 is 20.1 Å². The Kier molecular flexibility index (Phi) is 5.42. The van der Waals surface area contributed by atoms with Crippen molar-refractivity contribution in [2.45, 2.75) is 0 Å². The third-order valence-corrected chi connectivity index (χ3v) is 1.68. The van der Waals surface area contributed by atoms with Crippen molar-refractivity contribution in [3.63, 3.8) is 0 Å². The fourth-order valence-corrected chi connectivity index (χ4v) is 1.28. The summed E-state index contributed by atoms with van der Waals surface area (Å²) < 4.78 is 49.6. The lowest BCUT2D eigenvalue weighted by Gasteiger charge is -2.00. The topological polar surface area (TPSA) is 101 Å². The van der Waals surface area contributed by atoms with Crippen molar-refractivity contribution in [2.24, 2.45) is 0 Å². The summed E-state index contributed by atoms with van der Waals surface area (Å²) in [5.41, 5.74) is 0.593. The summed E-state index contributed by atoms with van der Waals surface area (Å²) >= 11 is 0. The summed E-state index contributed by atoms with van der Waals surface area (Å²) in [6.07, 6.45) is 1.84. The maximum atomic E-state index is 10.7. The van der Waals surface area contributed by atoms with Crippen LogP contribution in [-0.2, 0) is 20.1 Å². The van der Waals surface area contributed by atoms with Gasteiger partial charge in [0.1, 0.15) is 0 Å². The highest BCUT2D eigenvalue weighted by atomic mass is 32.2. The summed E-state index contributed by atoms with van der Waals surface area (Å²) in [6.45, 7) is 0. The van der Waals surface area contributed by atoms with Crippen LogP contribution in [0.15, 0.2) is 30.3 Å². The Hall–Kier alpha value is -1.12. The molecule has 0 saturated carbocycles. The van der Waals surface area contributed by atoms with Crippen molar-refractivity contribution in [3.05, 3.63) is 30.3 Å². The van der Waals surface area contributed by atoms with Crippen LogP contribution < -0.4 is 4.72 Å². The van der Waals surface area contributed by atoms with E-state index in [9.17, 15) is 16.8 Å². The molecular weight excluding hydrogens is 254 g/mol. The minimum Gasteiger partial charge on any atom is -0.286 e. The molecule has 0 atom stereocenters. The highest BCUT2D eigenvalue weighted by Gasteiger charge is 1.98. The zero-order valence-electron chi connectivity index (χ0n) is 8.78. The quantitative estimate of drug-likeness (QED) is 0.763. The first-order valence-corrected chi connectivity index (χ1v) is 7.77. The second-order valence-electron chi connectivity index (χ2n) is 2.97. The summed E-state index contributed by atoms with van der Waals surface area (Å²) in [6, 6.07) is 8.76. The Balaban J connectivity index is 0.000000385. The van der Waals surface area contributed by atoms with Gasteiger partial charge in [0.15, 0.2) is 0 Å². The molecule has 0 amide bonds. The fraction of sp³-hybridized carbons (Fsp3) is 0.250. The monoisotopic (exact) mass is 267 g/mol. The molecule has 0 saturated heterocycles. The molecule has 0 aliphatic heterocycles. The van der Waals surface area contributed by atoms with Crippen LogP contribution in [-0.4, -0.2) is 33.9 Å². The van der Waals surface area contributed by atoms with Gasteiger partial charge in [0.2, 0.25) is 10.0 Å². The number of rotatable bonds is 2. The SMILES string of the molecule is CS(=O)(=O)Nc1ccccc1.CS(=O)(=O)O. The van der Waals surface area contributed by atoms with E-state index in [4.69, 9.17) is 4.55 Å². The molecule has 1 aromatic rings. The van der Waals surface area contributed by atoms with Crippen molar-refractivity contribution in [3.8, 4) is 0 Å². The smallest absolute Gasteiger partial charge is 0.261 e. The van der Waals surface area contributed by atoms with Crippen LogP contribution in [0.1, 0.15) is 0 Å². The van der Waals surface area contributed by atoms with E-state index in [2.05, 4.69) is 4.72 Å². The Morgan fingerprint density at radius 2 is 1.38 bits per heavy atom. The van der Waals surface area contributed by atoms with Gasteiger partial charge < -0.3 is 0 Å². The summed E-state index contributed by atoms with van der Waals surface area (Å²) in [4.78, 5) is 0. The van der Waals surface area contributed by atoms with Crippen LogP contribution in [0.25, 0.3) is 0 Å². The van der Waals surface area contributed by atoms with Crippen LogP contribution in [0.3, 0.4) is 0 Å². The molecule has 16 heavy (non-hydrogen) atoms. The van der Waals surface area contributed by atoms with Gasteiger partial charge >= 0.3 is 0 Å². The standard InChI is InChI=1S/C7H9NO2S.CH4O3S/c1-11(9,10)8-7-5-3-2-4-6-7;1-5(2,3)4/h2-6,8H,1H3;1H3,(H,2,3,4). The van der Waals surface area contributed by atoms with E-state index in [0.717, 1.165) is 6.26 Å². The number of benzene rings is 1. The van der Waals surface area contributed by atoms with Gasteiger partial charge in [-0.05, 0) is 12.1 Å². The second kappa shape index (κ2) is 5.83. The molecule has 0 radical (unpaired) electrons. The van der Waals surface area contributed by atoms with Gasteiger partial charge in [-0.15, -0.1) is 0 Å². The summed E-state index contributed by atoms with van der Waals surface area (Å²) in [5, 5.41) is 0. The lowest BCUT2D eigenvalue weighted by molar-refractivity contribution is 0.490. The highest BCUT2D eigenvalue weighted by Crippen LogP contribution is 2.05. The van der Waals surface area contributed by atoms with Crippen molar-refractivity contribution in [2.75, 3.05) is 17.2 Å². The molecule has 8 heteroatoms. The molecule has 0 unspecified atom stereocenters. The number of hydrogen-bond donors (Lipinski definition) is 2. The molecule has 2 N–H and O–H groups in total. The number of anilines is 1. The van der Waals surface area contributed by atoms with Crippen molar-refractivity contribution in [1.82, 2.24) is 0 Å². The normalized spacial score (nSPS) is 11.2. The van der Waals surface area contributed by atoms with Gasteiger partial charge in [-0.3, -0.25) is 9.27 Å². The number of nitrogens with one attached hydrogen (secondary N) is 1. The average molecular weight is 267 g/mol. The second-order valence-corrected chi connectivity index (χ2v) is 6.19. The van der Waals surface area contributed by atoms with E-state index in [0.29, 0.717) is 11.9 Å². The average Bonchev–Trinajstić information content (AvgIpc) is 1.99. The zero-order valence-corrected chi connectivity index (χ0v) is 10.4. The maximum Gasteiger partial charge on any atom is 0.261 e. The third kappa shape index (κ3) is 12.9. The van der Waals surface area contributed by atoms with Crippen LogP contribution in [0.5, 0.6) is 0 Å². The van der Waals surface area contributed by atoms with Gasteiger partial charge in [-0.25, -0.2) is 8.42 Å². The minimum atomic E-state index is -3.67. The minimum absolute atomic E-state index is 0.593. The molecule has 0 fully saturated rings. The molecule has 6 nitrogen and oxygen atoms in total. The van der Waals surface area contributed by atoms with E-state index >= 15 is 0 Å². The van der Waals surface area contributed by atoms with Crippen LogP contribution in [0, 0.1) is 0 Å². The molecule has 92 valence electrons. The molecule has 0 aliphatic rings. The summed E-state index contributed by atoms with van der Waals surface area (Å²) in [7, 11) is -6.79. The first kappa shape index (κ1) is 14.9. The molecule has 1 rings (SSSR count). The molecule has 0 bridgehead atoms. The van der Waals surface area contributed by atoms with E-state index in [1.54, 1.807) is 24.3 Å². The molecule has 0 spiro atoms. The number of sulfonamides is 1. The lowest BCUT2D eigenvalue weighted by Crippen LogP contribution is -2.08. The molecular formula is C8H13NO5S2. The largest absolute Gasteiger partial charge is 0.286 e. The third-order valence-electron chi connectivity index (χ3n) is 1.08. The van der Waals surface area contributed by atoms with Crippen LogP contribution in [0.4, 0.5) is 5.69 Å². The van der Waals surface area contributed by atoms with Crippen molar-refractivity contribution in [1.29, 1.82) is 0 Å². The van der Waals surface area contributed by atoms with E-state index in [1.165, 1.54) is 0 Å². The van der Waals surface area contributed by atoms with Gasteiger partial charge in [-0.2, -0.15) is 8.42 Å². The maximum absolute atomic E-state index is 10.7. The molecule has 0 aromatic heterocycles.